The lowest BCUT2D eigenvalue weighted by atomic mass is 9.79. The van der Waals surface area contributed by atoms with E-state index in [0.717, 1.165) is 7.11 Å². The van der Waals surface area contributed by atoms with Crippen molar-refractivity contribution in [3.63, 3.8) is 0 Å². The lowest BCUT2D eigenvalue weighted by Crippen LogP contribution is -2.37. The number of alkyl halides is 1. The van der Waals surface area contributed by atoms with Crippen molar-refractivity contribution in [1.29, 1.82) is 0 Å². The molecule has 0 amide bonds. The molecule has 33 heavy (non-hydrogen) atoms. The average Bonchev–Trinajstić information content (AvgIpc) is 2.76. The Labute approximate surface area is 186 Å². The number of nitrogens with two attached hydrogens (primary N) is 1. The van der Waals surface area contributed by atoms with Crippen LogP contribution in [0.1, 0.15) is 25.3 Å². The van der Waals surface area contributed by atoms with Gasteiger partial charge in [-0.25, -0.2) is 31.5 Å². The molecule has 0 fully saturated rings. The second-order valence-electron chi connectivity index (χ2n) is 7.14. The molecule has 0 aliphatic carbocycles. The summed E-state index contributed by atoms with van der Waals surface area (Å²) in [5.41, 5.74) is 1.89. The maximum Gasteiger partial charge on any atom is 0.337 e. The highest BCUT2D eigenvalue weighted by molar-refractivity contribution is 6.00. The molecule has 2 rings (SSSR count). The van der Waals surface area contributed by atoms with Gasteiger partial charge in [0.1, 0.15) is 6.67 Å². The molecule has 1 aromatic carbocycles. The van der Waals surface area contributed by atoms with E-state index in [9.17, 15) is 31.5 Å². The molecule has 0 saturated heterocycles. The molecule has 182 valence electrons. The van der Waals surface area contributed by atoms with Gasteiger partial charge in [-0.15, -0.1) is 0 Å². The van der Waals surface area contributed by atoms with E-state index in [0.29, 0.717) is 0 Å². The lowest BCUT2D eigenvalue weighted by Gasteiger charge is -2.32. The van der Waals surface area contributed by atoms with Crippen LogP contribution >= 0.6 is 0 Å². The summed E-state index contributed by atoms with van der Waals surface area (Å²) in [6.45, 7) is 1.17. The summed E-state index contributed by atoms with van der Waals surface area (Å²) in [5, 5.41) is 2.48. The first kappa shape index (κ1) is 26.3. The predicted octanol–water partition coefficient (Wildman–Crippen LogP) is 2.51. The molecule has 7 nitrogen and oxygen atoms in total. The van der Waals surface area contributed by atoms with Crippen LogP contribution in [0.4, 0.5) is 22.0 Å². The molecule has 1 heterocycles. The summed E-state index contributed by atoms with van der Waals surface area (Å²) < 4.78 is 86.7. The van der Waals surface area contributed by atoms with Crippen LogP contribution in [0.5, 0.6) is 0 Å². The third-order valence-corrected chi connectivity index (χ3v) is 4.57. The minimum absolute atomic E-state index is 0.0157. The Kier molecular flexibility index (Phi) is 8.94. The van der Waals surface area contributed by atoms with Gasteiger partial charge in [0.05, 0.1) is 54.9 Å². The van der Waals surface area contributed by atoms with E-state index < -0.39 is 82.9 Å². The van der Waals surface area contributed by atoms with Crippen LogP contribution in [0, 0.1) is 23.3 Å². The van der Waals surface area contributed by atoms with Crippen molar-refractivity contribution in [2.24, 2.45) is 5.73 Å². The average molecular weight is 478 g/mol. The van der Waals surface area contributed by atoms with Crippen molar-refractivity contribution in [2.45, 2.75) is 25.9 Å². The summed E-state index contributed by atoms with van der Waals surface area (Å²) in [4.78, 5) is 25.5. The van der Waals surface area contributed by atoms with Crippen LogP contribution in [0.25, 0.3) is 0 Å². The topological polar surface area (TPSA) is 99.9 Å². The molecule has 3 N–H and O–H groups in total. The largest absolute Gasteiger partial charge is 0.466 e. The van der Waals surface area contributed by atoms with E-state index in [-0.39, 0.29) is 24.9 Å². The molecule has 1 aromatic rings. The summed E-state index contributed by atoms with van der Waals surface area (Å²) in [6, 6.07) is -0.0338. The molecular formula is C21H23F5N2O5. The van der Waals surface area contributed by atoms with Gasteiger partial charge in [0.25, 0.3) is 0 Å². The summed E-state index contributed by atoms with van der Waals surface area (Å²) in [5.74, 6) is -11.9. The first-order valence-electron chi connectivity index (χ1n) is 9.77. The number of benzene rings is 1. The van der Waals surface area contributed by atoms with Crippen molar-refractivity contribution in [3.8, 4) is 0 Å². The molecule has 0 saturated carbocycles. The van der Waals surface area contributed by atoms with Crippen LogP contribution in [-0.4, -0.2) is 51.6 Å². The van der Waals surface area contributed by atoms with E-state index in [2.05, 4.69) is 10.1 Å². The second kappa shape index (κ2) is 11.2. The predicted molar refractivity (Wildman–Crippen MR) is 105 cm³/mol. The van der Waals surface area contributed by atoms with Crippen molar-refractivity contribution in [3.05, 3.63) is 57.4 Å². The highest BCUT2D eigenvalue weighted by Crippen LogP contribution is 2.42. The number of nitrogens with one attached hydrogen (secondary N) is 1. The van der Waals surface area contributed by atoms with Gasteiger partial charge < -0.3 is 25.3 Å². The summed E-state index contributed by atoms with van der Waals surface area (Å²) in [7, 11) is 0.900. The first-order valence-corrected chi connectivity index (χ1v) is 9.77. The number of hydrogen-bond acceptors (Lipinski definition) is 7. The molecule has 0 bridgehead atoms. The van der Waals surface area contributed by atoms with E-state index in [1.54, 1.807) is 0 Å². The number of methoxy groups -OCH3 is 1. The fraction of sp³-hybridized carbons (Fsp3) is 0.429. The number of rotatable bonds is 9. The van der Waals surface area contributed by atoms with Crippen molar-refractivity contribution < 1.29 is 45.8 Å². The number of esters is 2. The molecule has 0 aromatic heterocycles. The Balaban J connectivity index is 2.92. The van der Waals surface area contributed by atoms with Gasteiger partial charge in [0.2, 0.25) is 0 Å². The van der Waals surface area contributed by atoms with E-state index in [1.165, 1.54) is 13.8 Å². The molecule has 0 radical (unpaired) electrons. The van der Waals surface area contributed by atoms with Gasteiger partial charge in [0.15, 0.2) is 23.3 Å². The Bertz CT molecular complexity index is 967. The van der Waals surface area contributed by atoms with Crippen LogP contribution < -0.4 is 11.1 Å². The van der Waals surface area contributed by atoms with Crippen LogP contribution in [0.3, 0.4) is 0 Å². The van der Waals surface area contributed by atoms with Gasteiger partial charge in [-0.3, -0.25) is 0 Å². The number of dihydropyridines is 1. The standard InChI is InChI=1S/C21H23F5N2O5/c1-9(2)33-21(30)15-13(8-32-5-4-27)28-12(7-22)14(20(29)31-3)16(15)17-18(25)10(23)6-11(24)19(17)26/h6,9,16,28H,4-5,7-8,27H2,1-3H3. The minimum Gasteiger partial charge on any atom is -0.466 e. The van der Waals surface area contributed by atoms with E-state index >= 15 is 0 Å². The Morgan fingerprint density at radius 2 is 1.64 bits per heavy atom. The second-order valence-corrected chi connectivity index (χ2v) is 7.14. The van der Waals surface area contributed by atoms with E-state index in [4.69, 9.17) is 15.2 Å². The number of carbonyl (C=O) groups is 2. The van der Waals surface area contributed by atoms with Gasteiger partial charge >= 0.3 is 11.9 Å². The monoisotopic (exact) mass is 478 g/mol. The van der Waals surface area contributed by atoms with Crippen LogP contribution in [-0.2, 0) is 23.8 Å². The molecule has 1 aliphatic rings. The van der Waals surface area contributed by atoms with Gasteiger partial charge in [-0.1, -0.05) is 0 Å². The van der Waals surface area contributed by atoms with Crippen molar-refractivity contribution in [2.75, 3.05) is 33.5 Å². The maximum atomic E-state index is 14.8. The zero-order valence-corrected chi connectivity index (χ0v) is 18.1. The normalized spacial score (nSPS) is 16.2. The Morgan fingerprint density at radius 3 is 2.12 bits per heavy atom. The zero-order chi connectivity index (χ0) is 24.9. The Hall–Kier alpha value is -2.99. The third kappa shape index (κ3) is 5.50. The highest BCUT2D eigenvalue weighted by Gasteiger charge is 2.43. The number of ether oxygens (including phenoxy) is 3. The Morgan fingerprint density at radius 1 is 1.06 bits per heavy atom. The van der Waals surface area contributed by atoms with Crippen molar-refractivity contribution in [1.82, 2.24) is 5.32 Å². The molecule has 1 atom stereocenters. The number of carbonyl (C=O) groups excluding carboxylic acids is 2. The summed E-state index contributed by atoms with van der Waals surface area (Å²) >= 11 is 0. The number of hydrogen-bond donors (Lipinski definition) is 2. The number of halogens is 5. The highest BCUT2D eigenvalue weighted by atomic mass is 19.2. The van der Waals surface area contributed by atoms with Crippen LogP contribution in [0.2, 0.25) is 0 Å². The fourth-order valence-electron chi connectivity index (χ4n) is 3.29. The first-order chi connectivity index (χ1) is 15.6. The van der Waals surface area contributed by atoms with Gasteiger partial charge in [-0.05, 0) is 13.8 Å². The molecule has 1 aliphatic heterocycles. The zero-order valence-electron chi connectivity index (χ0n) is 18.1. The molecular weight excluding hydrogens is 455 g/mol. The molecule has 0 spiro atoms. The number of allylic oxidation sites excluding steroid dienone is 1. The van der Waals surface area contributed by atoms with Crippen LogP contribution in [0.15, 0.2) is 28.6 Å². The van der Waals surface area contributed by atoms with Gasteiger partial charge in [-0.2, -0.15) is 0 Å². The third-order valence-electron chi connectivity index (χ3n) is 4.57. The summed E-state index contributed by atoms with van der Waals surface area (Å²) in [6.07, 6.45) is -0.732. The SMILES string of the molecule is COC(=O)C1=C(CF)NC(COCCN)=C(C(=O)OC(C)C)C1c1c(F)c(F)cc(F)c1F. The molecule has 1 unspecified atom stereocenters. The lowest BCUT2D eigenvalue weighted by molar-refractivity contribution is -0.143. The maximum absolute atomic E-state index is 14.8. The fourth-order valence-corrected chi connectivity index (χ4v) is 3.29. The minimum atomic E-state index is -2.11. The van der Waals surface area contributed by atoms with E-state index in [1.807, 2.05) is 0 Å². The smallest absolute Gasteiger partial charge is 0.337 e. The van der Waals surface area contributed by atoms with Gasteiger partial charge in [0, 0.05) is 18.2 Å². The molecule has 12 heteroatoms. The van der Waals surface area contributed by atoms with Crippen molar-refractivity contribution >= 4 is 11.9 Å². The quantitative estimate of drug-likeness (QED) is 0.244.